The van der Waals surface area contributed by atoms with E-state index in [1.807, 2.05) is 0 Å². The number of carboxylic acid groups (broad SMARTS) is 1. The summed E-state index contributed by atoms with van der Waals surface area (Å²) >= 11 is 0. The molecule has 1 unspecified atom stereocenters. The van der Waals surface area contributed by atoms with Gasteiger partial charge in [-0.3, -0.25) is 0 Å². The van der Waals surface area contributed by atoms with Crippen LogP contribution in [-0.4, -0.2) is 63.8 Å². The standard InChI is InChI=1S/C13H24N2O4/c1-4-15(13(2,3)11(17)18)12(19)14-7-5-6-10(8-14)9-16/h10,16H,4-9H2,1-3H3,(H,17,18). The molecule has 1 saturated heterocycles. The number of aliphatic hydroxyl groups excluding tert-OH is 1. The average Bonchev–Trinajstić information content (AvgIpc) is 2.39. The monoisotopic (exact) mass is 272 g/mol. The lowest BCUT2D eigenvalue weighted by molar-refractivity contribution is -0.147. The molecule has 0 radical (unpaired) electrons. The number of carbonyl (C=O) groups is 2. The van der Waals surface area contributed by atoms with Gasteiger partial charge in [-0.05, 0) is 39.5 Å². The molecule has 0 bridgehead atoms. The van der Waals surface area contributed by atoms with Gasteiger partial charge in [0, 0.05) is 26.2 Å². The minimum absolute atomic E-state index is 0.0677. The van der Waals surface area contributed by atoms with E-state index in [0.29, 0.717) is 19.6 Å². The summed E-state index contributed by atoms with van der Waals surface area (Å²) in [7, 11) is 0. The van der Waals surface area contributed by atoms with Crippen molar-refractivity contribution in [3.05, 3.63) is 0 Å². The van der Waals surface area contributed by atoms with Crippen LogP contribution >= 0.6 is 0 Å². The molecular formula is C13H24N2O4. The zero-order chi connectivity index (χ0) is 14.6. The molecule has 0 aromatic carbocycles. The van der Waals surface area contributed by atoms with Gasteiger partial charge in [-0.15, -0.1) is 0 Å². The normalized spacial score (nSPS) is 20.2. The molecule has 2 amide bonds. The first kappa shape index (κ1) is 15.8. The third-order valence-corrected chi connectivity index (χ3v) is 3.79. The van der Waals surface area contributed by atoms with Gasteiger partial charge in [0.25, 0.3) is 0 Å². The molecule has 19 heavy (non-hydrogen) atoms. The third kappa shape index (κ3) is 3.37. The van der Waals surface area contributed by atoms with E-state index in [1.165, 1.54) is 18.7 Å². The predicted octanol–water partition coefficient (Wildman–Crippen LogP) is 0.996. The lowest BCUT2D eigenvalue weighted by atomic mass is 9.98. The van der Waals surface area contributed by atoms with Crippen molar-refractivity contribution in [1.82, 2.24) is 9.80 Å². The highest BCUT2D eigenvalue weighted by molar-refractivity contribution is 5.85. The molecule has 6 heteroatoms. The van der Waals surface area contributed by atoms with Gasteiger partial charge in [0.2, 0.25) is 0 Å². The van der Waals surface area contributed by atoms with Crippen molar-refractivity contribution < 1.29 is 19.8 Å². The van der Waals surface area contributed by atoms with E-state index in [0.717, 1.165) is 12.8 Å². The number of likely N-dealkylation sites (N-methyl/N-ethyl adjacent to an activating group) is 1. The van der Waals surface area contributed by atoms with Crippen LogP contribution in [0.25, 0.3) is 0 Å². The van der Waals surface area contributed by atoms with Gasteiger partial charge in [0.05, 0.1) is 0 Å². The molecule has 0 aliphatic carbocycles. The van der Waals surface area contributed by atoms with Gasteiger partial charge in [-0.25, -0.2) is 9.59 Å². The molecule has 0 aromatic rings. The maximum Gasteiger partial charge on any atom is 0.329 e. The average molecular weight is 272 g/mol. The summed E-state index contributed by atoms with van der Waals surface area (Å²) < 4.78 is 0. The number of aliphatic carboxylic acids is 1. The number of nitrogens with zero attached hydrogens (tertiary/aromatic N) is 2. The number of carbonyl (C=O) groups excluding carboxylic acids is 1. The van der Waals surface area contributed by atoms with Crippen LogP contribution in [0.3, 0.4) is 0 Å². The first-order chi connectivity index (χ1) is 8.84. The zero-order valence-corrected chi connectivity index (χ0v) is 11.9. The molecule has 2 N–H and O–H groups in total. The van der Waals surface area contributed by atoms with Crippen molar-refractivity contribution >= 4 is 12.0 Å². The van der Waals surface area contributed by atoms with Crippen LogP contribution in [0.1, 0.15) is 33.6 Å². The van der Waals surface area contributed by atoms with Crippen LogP contribution in [0, 0.1) is 5.92 Å². The zero-order valence-electron chi connectivity index (χ0n) is 11.9. The third-order valence-electron chi connectivity index (χ3n) is 3.79. The van der Waals surface area contributed by atoms with E-state index in [-0.39, 0.29) is 18.6 Å². The van der Waals surface area contributed by atoms with Gasteiger partial charge in [0.15, 0.2) is 0 Å². The SMILES string of the molecule is CCN(C(=O)N1CCCC(CO)C1)C(C)(C)C(=O)O. The van der Waals surface area contributed by atoms with E-state index in [2.05, 4.69) is 0 Å². The summed E-state index contributed by atoms with van der Waals surface area (Å²) in [5.41, 5.74) is -1.22. The highest BCUT2D eigenvalue weighted by Gasteiger charge is 2.39. The molecule has 1 aliphatic rings. The van der Waals surface area contributed by atoms with E-state index < -0.39 is 11.5 Å². The molecular weight excluding hydrogens is 248 g/mol. The fraction of sp³-hybridized carbons (Fsp3) is 0.846. The van der Waals surface area contributed by atoms with Gasteiger partial charge in [-0.1, -0.05) is 0 Å². The molecule has 1 heterocycles. The van der Waals surface area contributed by atoms with E-state index in [4.69, 9.17) is 0 Å². The fourth-order valence-electron chi connectivity index (χ4n) is 2.44. The summed E-state index contributed by atoms with van der Waals surface area (Å²) in [5.74, 6) is -0.914. The fourth-order valence-corrected chi connectivity index (χ4v) is 2.44. The second-order valence-corrected chi connectivity index (χ2v) is 5.53. The Morgan fingerprint density at radius 2 is 2.05 bits per heavy atom. The Morgan fingerprint density at radius 1 is 1.42 bits per heavy atom. The van der Waals surface area contributed by atoms with Gasteiger partial charge >= 0.3 is 12.0 Å². The predicted molar refractivity (Wildman–Crippen MR) is 70.9 cm³/mol. The molecule has 6 nitrogen and oxygen atoms in total. The van der Waals surface area contributed by atoms with E-state index in [9.17, 15) is 19.8 Å². The number of carboxylic acids is 1. The Labute approximate surface area is 114 Å². The van der Waals surface area contributed by atoms with Crippen molar-refractivity contribution in [2.24, 2.45) is 5.92 Å². The number of urea groups is 1. The summed E-state index contributed by atoms with van der Waals surface area (Å²) in [6.07, 6.45) is 1.76. The number of rotatable bonds is 4. The molecule has 0 aromatic heterocycles. The first-order valence-corrected chi connectivity index (χ1v) is 6.75. The maximum absolute atomic E-state index is 12.4. The van der Waals surface area contributed by atoms with Crippen LogP contribution in [0.2, 0.25) is 0 Å². The number of piperidine rings is 1. The topological polar surface area (TPSA) is 81.1 Å². The molecule has 1 rings (SSSR count). The van der Waals surface area contributed by atoms with Crippen molar-refractivity contribution in [3.8, 4) is 0 Å². The lowest BCUT2D eigenvalue weighted by Gasteiger charge is -2.40. The Balaban J connectivity index is 2.81. The minimum Gasteiger partial charge on any atom is -0.480 e. The van der Waals surface area contributed by atoms with Crippen LogP contribution in [-0.2, 0) is 4.79 Å². The van der Waals surface area contributed by atoms with Crippen molar-refractivity contribution in [1.29, 1.82) is 0 Å². The van der Waals surface area contributed by atoms with Gasteiger partial charge < -0.3 is 20.0 Å². The summed E-state index contributed by atoms with van der Waals surface area (Å²) in [5, 5.41) is 18.4. The second kappa shape index (κ2) is 6.23. The number of hydrogen-bond acceptors (Lipinski definition) is 3. The largest absolute Gasteiger partial charge is 0.480 e. The van der Waals surface area contributed by atoms with Gasteiger partial charge in [0.1, 0.15) is 5.54 Å². The summed E-state index contributed by atoms with van der Waals surface area (Å²) in [6.45, 7) is 6.38. The van der Waals surface area contributed by atoms with Crippen molar-refractivity contribution in [2.75, 3.05) is 26.2 Å². The summed E-state index contributed by atoms with van der Waals surface area (Å²) in [4.78, 5) is 26.7. The maximum atomic E-state index is 12.4. The number of hydrogen-bond donors (Lipinski definition) is 2. The smallest absolute Gasteiger partial charge is 0.329 e. The molecule has 0 saturated carbocycles. The highest BCUT2D eigenvalue weighted by Crippen LogP contribution is 2.21. The molecule has 0 spiro atoms. The Hall–Kier alpha value is -1.30. The quantitative estimate of drug-likeness (QED) is 0.800. The highest BCUT2D eigenvalue weighted by atomic mass is 16.4. The van der Waals surface area contributed by atoms with Crippen molar-refractivity contribution in [3.63, 3.8) is 0 Å². The Kier molecular flexibility index (Phi) is 5.17. The van der Waals surface area contributed by atoms with E-state index in [1.54, 1.807) is 11.8 Å². The first-order valence-electron chi connectivity index (χ1n) is 6.75. The molecule has 1 fully saturated rings. The lowest BCUT2D eigenvalue weighted by Crippen LogP contribution is -2.58. The van der Waals surface area contributed by atoms with Crippen LogP contribution in [0.15, 0.2) is 0 Å². The van der Waals surface area contributed by atoms with Crippen LogP contribution in [0.4, 0.5) is 4.79 Å². The van der Waals surface area contributed by atoms with E-state index >= 15 is 0 Å². The molecule has 110 valence electrons. The van der Waals surface area contributed by atoms with Crippen LogP contribution < -0.4 is 0 Å². The second-order valence-electron chi connectivity index (χ2n) is 5.53. The molecule has 1 atom stereocenters. The molecule has 1 aliphatic heterocycles. The van der Waals surface area contributed by atoms with Crippen LogP contribution in [0.5, 0.6) is 0 Å². The number of amides is 2. The number of likely N-dealkylation sites (tertiary alicyclic amines) is 1. The minimum atomic E-state index is -1.22. The Morgan fingerprint density at radius 3 is 2.53 bits per heavy atom. The van der Waals surface area contributed by atoms with Crippen molar-refractivity contribution in [2.45, 2.75) is 39.2 Å². The Bertz CT molecular complexity index is 344. The number of aliphatic hydroxyl groups is 1. The summed E-state index contributed by atoms with van der Waals surface area (Å²) in [6, 6.07) is -0.256. The van der Waals surface area contributed by atoms with Gasteiger partial charge in [-0.2, -0.15) is 0 Å².